The highest BCUT2D eigenvalue weighted by atomic mass is 79.9. The van der Waals surface area contributed by atoms with Crippen LogP contribution in [0.25, 0.3) is 0 Å². The van der Waals surface area contributed by atoms with Crippen molar-refractivity contribution in [3.05, 3.63) is 52.5 Å². The zero-order valence-electron chi connectivity index (χ0n) is 14.7. The van der Waals surface area contributed by atoms with Crippen LogP contribution in [0, 0.1) is 0 Å². The number of anilines is 1. The molecule has 0 aliphatic carbocycles. The van der Waals surface area contributed by atoms with E-state index >= 15 is 0 Å². The molecule has 2 rings (SSSR count). The summed E-state index contributed by atoms with van der Waals surface area (Å²) in [5, 5.41) is 2.75. The minimum atomic E-state index is -3.78. The first kappa shape index (κ1) is 20.4. The molecule has 26 heavy (non-hydrogen) atoms. The molecule has 0 spiro atoms. The van der Waals surface area contributed by atoms with Crippen LogP contribution in [0.15, 0.2) is 51.8 Å². The van der Waals surface area contributed by atoms with Crippen LogP contribution >= 0.6 is 15.9 Å². The summed E-state index contributed by atoms with van der Waals surface area (Å²) in [4.78, 5) is 11.5. The van der Waals surface area contributed by atoms with Crippen molar-refractivity contribution >= 4 is 37.5 Å². The van der Waals surface area contributed by atoms with E-state index in [-0.39, 0.29) is 16.6 Å². The van der Waals surface area contributed by atoms with Crippen LogP contribution < -0.4 is 14.8 Å². The van der Waals surface area contributed by atoms with E-state index in [1.165, 1.54) is 13.2 Å². The maximum absolute atomic E-state index is 12.7. The van der Waals surface area contributed by atoms with Gasteiger partial charge in [-0.1, -0.05) is 35.0 Å². The minimum Gasteiger partial charge on any atom is -0.495 e. The highest BCUT2D eigenvalue weighted by Gasteiger charge is 2.22. The lowest BCUT2D eigenvalue weighted by molar-refractivity contribution is -0.115. The summed E-state index contributed by atoms with van der Waals surface area (Å²) in [6.45, 7) is 3.53. The van der Waals surface area contributed by atoms with Crippen LogP contribution in [-0.2, 0) is 14.8 Å². The lowest BCUT2D eigenvalue weighted by Gasteiger charge is -2.17. The SMILES string of the molecule is CCC(=O)Nc1ccc(C(C)NS(=O)(=O)c2cc(Br)ccc2OC)cc1. The van der Waals surface area contributed by atoms with Gasteiger partial charge in [0.15, 0.2) is 0 Å². The highest BCUT2D eigenvalue weighted by molar-refractivity contribution is 9.10. The second-order valence-electron chi connectivity index (χ2n) is 5.66. The average Bonchev–Trinajstić information content (AvgIpc) is 2.61. The summed E-state index contributed by atoms with van der Waals surface area (Å²) in [7, 11) is -2.36. The number of hydrogen-bond donors (Lipinski definition) is 2. The van der Waals surface area contributed by atoms with Gasteiger partial charge in [0.1, 0.15) is 10.6 Å². The Balaban J connectivity index is 2.19. The van der Waals surface area contributed by atoms with Crippen LogP contribution in [0.2, 0.25) is 0 Å². The lowest BCUT2D eigenvalue weighted by atomic mass is 10.1. The quantitative estimate of drug-likeness (QED) is 0.684. The third kappa shape index (κ3) is 5.06. The predicted molar refractivity (Wildman–Crippen MR) is 105 cm³/mol. The molecular formula is C18H21BrN2O4S. The maximum Gasteiger partial charge on any atom is 0.244 e. The predicted octanol–water partition coefficient (Wildman–Crippen LogP) is 3.85. The van der Waals surface area contributed by atoms with Crippen LogP contribution in [0.3, 0.4) is 0 Å². The van der Waals surface area contributed by atoms with E-state index in [9.17, 15) is 13.2 Å². The van der Waals surface area contributed by atoms with E-state index < -0.39 is 16.1 Å². The van der Waals surface area contributed by atoms with E-state index in [4.69, 9.17) is 4.74 Å². The first-order chi connectivity index (χ1) is 12.3. The molecule has 140 valence electrons. The van der Waals surface area contributed by atoms with E-state index in [0.29, 0.717) is 16.6 Å². The zero-order valence-corrected chi connectivity index (χ0v) is 17.1. The molecule has 1 amide bonds. The Bertz CT molecular complexity index is 883. The summed E-state index contributed by atoms with van der Waals surface area (Å²) < 4.78 is 33.9. The van der Waals surface area contributed by atoms with Crippen molar-refractivity contribution in [2.75, 3.05) is 12.4 Å². The zero-order chi connectivity index (χ0) is 19.3. The minimum absolute atomic E-state index is 0.0630. The molecular weight excluding hydrogens is 420 g/mol. The molecule has 0 radical (unpaired) electrons. The van der Waals surface area contributed by atoms with Crippen LogP contribution in [0.4, 0.5) is 5.69 Å². The number of sulfonamides is 1. The number of hydrogen-bond acceptors (Lipinski definition) is 4. The smallest absolute Gasteiger partial charge is 0.244 e. The van der Waals surface area contributed by atoms with E-state index in [1.54, 1.807) is 50.2 Å². The standard InChI is InChI=1S/C18H21BrN2O4S/c1-4-18(22)20-15-8-5-13(6-9-15)12(2)21-26(23,24)17-11-14(19)7-10-16(17)25-3/h5-12,21H,4H2,1-3H3,(H,20,22). The third-order valence-electron chi connectivity index (χ3n) is 3.76. The molecule has 0 aliphatic heterocycles. The van der Waals surface area contributed by atoms with Gasteiger partial charge in [-0.2, -0.15) is 0 Å². The fourth-order valence-electron chi connectivity index (χ4n) is 2.33. The van der Waals surface area contributed by atoms with Gasteiger partial charge < -0.3 is 10.1 Å². The largest absolute Gasteiger partial charge is 0.495 e. The van der Waals surface area contributed by atoms with Crippen LogP contribution in [-0.4, -0.2) is 21.4 Å². The van der Waals surface area contributed by atoms with Crippen LogP contribution in [0.5, 0.6) is 5.75 Å². The first-order valence-corrected chi connectivity index (χ1v) is 10.3. The van der Waals surface area contributed by atoms with E-state index in [2.05, 4.69) is 26.0 Å². The number of carbonyl (C=O) groups excluding carboxylic acids is 1. The third-order valence-corrected chi connectivity index (χ3v) is 5.82. The number of amides is 1. The summed E-state index contributed by atoms with van der Waals surface area (Å²) >= 11 is 3.28. The number of carbonyl (C=O) groups is 1. The van der Waals surface area contributed by atoms with E-state index in [0.717, 1.165) is 5.56 Å². The molecule has 2 N–H and O–H groups in total. The topological polar surface area (TPSA) is 84.5 Å². The van der Waals surface area contributed by atoms with Gasteiger partial charge in [-0.05, 0) is 42.8 Å². The van der Waals surface area contributed by atoms with Crippen molar-refractivity contribution < 1.29 is 17.9 Å². The molecule has 0 bridgehead atoms. The van der Waals surface area contributed by atoms with Gasteiger partial charge in [0.05, 0.1) is 7.11 Å². The summed E-state index contributed by atoms with van der Waals surface area (Å²) in [6.07, 6.45) is 0.395. The van der Waals surface area contributed by atoms with Gasteiger partial charge in [-0.3, -0.25) is 4.79 Å². The molecule has 0 saturated carbocycles. The van der Waals surface area contributed by atoms with Gasteiger partial charge in [0, 0.05) is 22.6 Å². The van der Waals surface area contributed by atoms with Gasteiger partial charge in [0.25, 0.3) is 0 Å². The summed E-state index contributed by atoms with van der Waals surface area (Å²) in [6, 6.07) is 11.4. The maximum atomic E-state index is 12.7. The average molecular weight is 441 g/mol. The molecule has 2 aromatic rings. The Morgan fingerprint density at radius 1 is 1.19 bits per heavy atom. The van der Waals surface area contributed by atoms with E-state index in [1.807, 2.05) is 0 Å². The van der Waals surface area contributed by atoms with Crippen molar-refractivity contribution in [2.24, 2.45) is 0 Å². The number of benzene rings is 2. The fraction of sp³-hybridized carbons (Fsp3) is 0.278. The van der Waals surface area contributed by atoms with Crippen molar-refractivity contribution in [2.45, 2.75) is 31.2 Å². The molecule has 0 heterocycles. The number of rotatable bonds is 7. The molecule has 1 unspecified atom stereocenters. The monoisotopic (exact) mass is 440 g/mol. The lowest BCUT2D eigenvalue weighted by Crippen LogP contribution is -2.27. The Hall–Kier alpha value is -1.90. The highest BCUT2D eigenvalue weighted by Crippen LogP contribution is 2.28. The van der Waals surface area contributed by atoms with Crippen LogP contribution in [0.1, 0.15) is 31.9 Å². The number of ether oxygens (including phenoxy) is 1. The molecule has 6 nitrogen and oxygen atoms in total. The van der Waals surface area contributed by atoms with Gasteiger partial charge in [-0.15, -0.1) is 0 Å². The Kier molecular flexibility index (Phi) is 6.80. The second-order valence-corrected chi connectivity index (χ2v) is 8.26. The molecule has 0 aromatic heterocycles. The number of methoxy groups -OCH3 is 1. The molecule has 0 saturated heterocycles. The Morgan fingerprint density at radius 3 is 2.42 bits per heavy atom. The molecule has 1 atom stereocenters. The van der Waals surface area contributed by atoms with Crippen molar-refractivity contribution in [1.29, 1.82) is 0 Å². The molecule has 0 fully saturated rings. The fourth-order valence-corrected chi connectivity index (χ4v) is 4.27. The van der Waals surface area contributed by atoms with Gasteiger partial charge in [0.2, 0.25) is 15.9 Å². The summed E-state index contributed by atoms with van der Waals surface area (Å²) in [5.74, 6) is 0.193. The van der Waals surface area contributed by atoms with Crippen molar-refractivity contribution in [1.82, 2.24) is 4.72 Å². The number of halogens is 1. The first-order valence-electron chi connectivity index (χ1n) is 8.02. The normalized spacial score (nSPS) is 12.5. The molecule has 8 heteroatoms. The van der Waals surface area contributed by atoms with Crippen molar-refractivity contribution in [3.63, 3.8) is 0 Å². The second kappa shape index (κ2) is 8.66. The van der Waals surface area contributed by atoms with Gasteiger partial charge >= 0.3 is 0 Å². The Labute approximate surface area is 162 Å². The summed E-state index contributed by atoms with van der Waals surface area (Å²) in [5.41, 5.74) is 1.45. The molecule has 2 aromatic carbocycles. The Morgan fingerprint density at radius 2 is 1.85 bits per heavy atom. The molecule has 0 aliphatic rings. The van der Waals surface area contributed by atoms with Crippen molar-refractivity contribution in [3.8, 4) is 5.75 Å². The number of nitrogens with one attached hydrogen (secondary N) is 2. The van der Waals surface area contributed by atoms with Gasteiger partial charge in [-0.25, -0.2) is 13.1 Å².